The van der Waals surface area contributed by atoms with Gasteiger partial charge < -0.3 is 10.4 Å². The number of carbonyl (C=O) groups is 1. The first-order valence-electron chi connectivity index (χ1n) is 6.61. The SMILES string of the molecule is CC(C)(CCO)CNC(=O)c1sc2cc(F)ccc2c1Cl. The maximum Gasteiger partial charge on any atom is 0.262 e. The van der Waals surface area contributed by atoms with Crippen molar-refractivity contribution in [2.24, 2.45) is 5.41 Å². The molecule has 6 heteroatoms. The van der Waals surface area contributed by atoms with Gasteiger partial charge in [-0.2, -0.15) is 0 Å². The highest BCUT2D eigenvalue weighted by atomic mass is 35.5. The second-order valence-corrected chi connectivity index (χ2v) is 7.14. The second kappa shape index (κ2) is 6.30. The van der Waals surface area contributed by atoms with Gasteiger partial charge in [-0.25, -0.2) is 4.39 Å². The number of thiophene rings is 1. The highest BCUT2D eigenvalue weighted by Gasteiger charge is 2.21. The minimum absolute atomic E-state index is 0.0752. The molecule has 1 aromatic carbocycles. The molecule has 114 valence electrons. The average Bonchev–Trinajstić information content (AvgIpc) is 2.73. The number of nitrogens with one attached hydrogen (secondary N) is 1. The molecule has 0 saturated heterocycles. The number of carbonyl (C=O) groups excluding carboxylic acids is 1. The molecule has 0 aliphatic heterocycles. The van der Waals surface area contributed by atoms with Crippen LogP contribution in [0.3, 0.4) is 0 Å². The van der Waals surface area contributed by atoms with Gasteiger partial charge in [-0.15, -0.1) is 11.3 Å². The molecule has 0 fully saturated rings. The van der Waals surface area contributed by atoms with E-state index in [-0.39, 0.29) is 23.7 Å². The summed E-state index contributed by atoms with van der Waals surface area (Å²) < 4.78 is 13.9. The third kappa shape index (κ3) is 3.73. The van der Waals surface area contributed by atoms with Gasteiger partial charge in [-0.05, 0) is 30.0 Å². The van der Waals surface area contributed by atoms with Gasteiger partial charge in [0.25, 0.3) is 5.91 Å². The molecule has 0 aliphatic carbocycles. The van der Waals surface area contributed by atoms with Crippen molar-refractivity contribution >= 4 is 38.9 Å². The highest BCUT2D eigenvalue weighted by molar-refractivity contribution is 7.21. The van der Waals surface area contributed by atoms with Gasteiger partial charge in [-0.1, -0.05) is 25.4 Å². The largest absolute Gasteiger partial charge is 0.396 e. The van der Waals surface area contributed by atoms with E-state index in [1.54, 1.807) is 6.07 Å². The Bertz CT molecular complexity index is 669. The summed E-state index contributed by atoms with van der Waals surface area (Å²) in [5, 5.41) is 12.8. The van der Waals surface area contributed by atoms with Crippen molar-refractivity contribution < 1.29 is 14.3 Å². The zero-order valence-corrected chi connectivity index (χ0v) is 13.4. The van der Waals surface area contributed by atoms with Crippen molar-refractivity contribution in [1.29, 1.82) is 0 Å². The molecule has 0 spiro atoms. The number of halogens is 2. The minimum atomic E-state index is -0.351. The van der Waals surface area contributed by atoms with Crippen LogP contribution in [-0.4, -0.2) is 24.2 Å². The van der Waals surface area contributed by atoms with Crippen LogP contribution in [0.2, 0.25) is 5.02 Å². The van der Waals surface area contributed by atoms with Crippen molar-refractivity contribution in [3.63, 3.8) is 0 Å². The Morgan fingerprint density at radius 1 is 1.48 bits per heavy atom. The summed E-state index contributed by atoms with van der Waals surface area (Å²) in [7, 11) is 0. The molecule has 2 rings (SSSR count). The number of hydrogen-bond acceptors (Lipinski definition) is 3. The zero-order chi connectivity index (χ0) is 15.6. The van der Waals surface area contributed by atoms with Crippen molar-refractivity contribution in [2.45, 2.75) is 20.3 Å². The maximum atomic E-state index is 13.2. The smallest absolute Gasteiger partial charge is 0.262 e. The summed E-state index contributed by atoms with van der Waals surface area (Å²) in [6.07, 6.45) is 0.596. The zero-order valence-electron chi connectivity index (χ0n) is 11.9. The quantitative estimate of drug-likeness (QED) is 0.875. The molecular weight excluding hydrogens is 313 g/mol. The fourth-order valence-electron chi connectivity index (χ4n) is 1.98. The maximum absolute atomic E-state index is 13.2. The molecule has 2 N–H and O–H groups in total. The van der Waals surface area contributed by atoms with Crippen molar-refractivity contribution in [1.82, 2.24) is 5.32 Å². The molecule has 0 saturated carbocycles. The van der Waals surface area contributed by atoms with Crippen molar-refractivity contribution in [3.8, 4) is 0 Å². The lowest BCUT2D eigenvalue weighted by molar-refractivity contribution is 0.0932. The van der Waals surface area contributed by atoms with E-state index in [9.17, 15) is 9.18 Å². The summed E-state index contributed by atoms with van der Waals surface area (Å²) in [5.41, 5.74) is -0.195. The highest BCUT2D eigenvalue weighted by Crippen LogP contribution is 2.35. The Labute approximate surface area is 131 Å². The fraction of sp³-hybridized carbons (Fsp3) is 0.400. The number of fused-ring (bicyclic) bond motifs is 1. The Balaban J connectivity index is 2.18. The molecule has 0 unspecified atom stereocenters. The van der Waals surface area contributed by atoms with E-state index in [0.717, 1.165) is 0 Å². The van der Waals surface area contributed by atoms with E-state index in [2.05, 4.69) is 5.32 Å². The van der Waals surface area contributed by atoms with Crippen LogP contribution in [0.5, 0.6) is 0 Å². The molecule has 21 heavy (non-hydrogen) atoms. The molecule has 3 nitrogen and oxygen atoms in total. The Morgan fingerprint density at radius 3 is 2.86 bits per heavy atom. The molecule has 2 aromatic rings. The third-order valence-electron chi connectivity index (χ3n) is 3.31. The molecule has 1 aromatic heterocycles. The van der Waals surface area contributed by atoms with E-state index < -0.39 is 0 Å². The topological polar surface area (TPSA) is 49.3 Å². The molecule has 1 amide bonds. The molecule has 0 atom stereocenters. The lowest BCUT2D eigenvalue weighted by atomic mass is 9.90. The van der Waals surface area contributed by atoms with Gasteiger partial charge in [0.05, 0.1) is 5.02 Å². The fourth-order valence-corrected chi connectivity index (χ4v) is 3.43. The normalized spacial score (nSPS) is 11.9. The van der Waals surface area contributed by atoms with Gasteiger partial charge in [0, 0.05) is 23.2 Å². The van der Waals surface area contributed by atoms with Crippen LogP contribution in [0.4, 0.5) is 4.39 Å². The van der Waals surface area contributed by atoms with E-state index in [1.165, 1.54) is 23.5 Å². The van der Waals surface area contributed by atoms with E-state index in [0.29, 0.717) is 33.0 Å². The summed E-state index contributed by atoms with van der Waals surface area (Å²) in [4.78, 5) is 12.6. The van der Waals surface area contributed by atoms with Gasteiger partial charge >= 0.3 is 0 Å². The van der Waals surface area contributed by atoms with E-state index in [1.807, 2.05) is 13.8 Å². The lowest BCUT2D eigenvalue weighted by Gasteiger charge is -2.23. The standard InChI is InChI=1S/C15H17ClFNO2S/c1-15(2,5-6-19)8-18-14(20)13-12(16)10-4-3-9(17)7-11(10)21-13/h3-4,7,19H,5-6,8H2,1-2H3,(H,18,20). The predicted molar refractivity (Wildman–Crippen MR) is 84.6 cm³/mol. The lowest BCUT2D eigenvalue weighted by Crippen LogP contribution is -2.34. The first-order chi connectivity index (χ1) is 9.84. The minimum Gasteiger partial charge on any atom is -0.396 e. The summed E-state index contributed by atoms with van der Waals surface area (Å²) in [5.74, 6) is -0.621. The number of rotatable bonds is 5. The first-order valence-corrected chi connectivity index (χ1v) is 7.80. The third-order valence-corrected chi connectivity index (χ3v) is 4.97. The number of aliphatic hydroxyl groups excluding tert-OH is 1. The Kier molecular flexibility index (Phi) is 4.86. The van der Waals surface area contributed by atoms with Crippen LogP contribution >= 0.6 is 22.9 Å². The molecule has 1 heterocycles. The van der Waals surface area contributed by atoms with Gasteiger partial charge in [0.2, 0.25) is 0 Å². The summed E-state index contributed by atoms with van der Waals surface area (Å²) >= 11 is 7.38. The number of hydrogen-bond donors (Lipinski definition) is 2. The Hall–Kier alpha value is -1.17. The molecular formula is C15H17ClFNO2S. The molecule has 0 bridgehead atoms. The summed E-state index contributed by atoms with van der Waals surface area (Å²) in [6.45, 7) is 4.44. The first kappa shape index (κ1) is 16.2. The number of benzene rings is 1. The predicted octanol–water partition coefficient (Wildman–Crippen LogP) is 3.83. The van der Waals surface area contributed by atoms with Crippen LogP contribution in [0.15, 0.2) is 18.2 Å². The number of aliphatic hydroxyl groups is 1. The monoisotopic (exact) mass is 329 g/mol. The van der Waals surface area contributed by atoms with Crippen LogP contribution in [0.1, 0.15) is 29.9 Å². The van der Waals surface area contributed by atoms with Gasteiger partial charge in [0.1, 0.15) is 10.7 Å². The number of amides is 1. The van der Waals surface area contributed by atoms with Crippen molar-refractivity contribution in [2.75, 3.05) is 13.2 Å². The van der Waals surface area contributed by atoms with Crippen LogP contribution < -0.4 is 5.32 Å². The average molecular weight is 330 g/mol. The summed E-state index contributed by atoms with van der Waals surface area (Å²) in [6, 6.07) is 4.28. The van der Waals surface area contributed by atoms with Gasteiger partial charge in [0.15, 0.2) is 0 Å². The second-order valence-electron chi connectivity index (χ2n) is 5.71. The van der Waals surface area contributed by atoms with Gasteiger partial charge in [-0.3, -0.25) is 4.79 Å². The van der Waals surface area contributed by atoms with Crippen LogP contribution in [0, 0.1) is 11.2 Å². The van der Waals surface area contributed by atoms with Crippen LogP contribution in [0.25, 0.3) is 10.1 Å². The molecule has 0 radical (unpaired) electrons. The molecule has 0 aliphatic rings. The van der Waals surface area contributed by atoms with E-state index >= 15 is 0 Å². The van der Waals surface area contributed by atoms with Crippen LogP contribution in [-0.2, 0) is 0 Å². The van der Waals surface area contributed by atoms with Crippen molar-refractivity contribution in [3.05, 3.63) is 33.9 Å². The Morgan fingerprint density at radius 2 is 2.19 bits per heavy atom. The van der Waals surface area contributed by atoms with E-state index in [4.69, 9.17) is 16.7 Å².